The van der Waals surface area contributed by atoms with Crippen molar-refractivity contribution in [1.29, 1.82) is 0 Å². The van der Waals surface area contributed by atoms with Crippen molar-refractivity contribution in [2.45, 2.75) is 19.4 Å². The largest absolute Gasteiger partial charge is 0.457 e. The summed E-state index contributed by atoms with van der Waals surface area (Å²) in [6, 6.07) is 12.1. The Hall–Kier alpha value is -4.31. The van der Waals surface area contributed by atoms with Gasteiger partial charge in [-0.2, -0.15) is 0 Å². The van der Waals surface area contributed by atoms with Crippen LogP contribution in [0.5, 0.6) is 11.5 Å². The number of aromatic nitrogens is 6. The molecule has 1 aliphatic rings. The van der Waals surface area contributed by atoms with Crippen molar-refractivity contribution < 1.29 is 9.47 Å². The van der Waals surface area contributed by atoms with E-state index in [0.29, 0.717) is 29.4 Å². The molecule has 1 aliphatic heterocycles. The van der Waals surface area contributed by atoms with Crippen molar-refractivity contribution >= 4 is 39.5 Å². The molecule has 0 amide bonds. The summed E-state index contributed by atoms with van der Waals surface area (Å²) >= 11 is 0. The molecule has 6 rings (SSSR count). The van der Waals surface area contributed by atoms with E-state index in [-0.39, 0.29) is 6.04 Å². The number of ether oxygens (including phenoxy) is 2. The van der Waals surface area contributed by atoms with E-state index in [0.717, 1.165) is 46.8 Å². The first-order valence-electron chi connectivity index (χ1n) is 11.8. The van der Waals surface area contributed by atoms with E-state index in [2.05, 4.69) is 30.2 Å². The molecule has 36 heavy (non-hydrogen) atoms. The topological polar surface area (TPSA) is 103 Å². The molecule has 1 fully saturated rings. The number of nitrogens with zero attached hydrogens (tertiary/aromatic N) is 7. The van der Waals surface area contributed by atoms with Crippen molar-refractivity contribution in [3.05, 3.63) is 60.8 Å². The average molecular weight is 483 g/mol. The van der Waals surface area contributed by atoms with Gasteiger partial charge in [0, 0.05) is 32.5 Å². The SMILES string of the molecule is Cc1cc(Nc2ncnc3cnc(N(C)C4CCOC4)nc23)ccc1Oc1ccc2c(c1)ncn2C. The highest BCUT2D eigenvalue weighted by Gasteiger charge is 2.23. The number of aryl methyl sites for hydroxylation is 2. The molecule has 0 bridgehead atoms. The van der Waals surface area contributed by atoms with Crippen LogP contribution in [0.15, 0.2) is 55.2 Å². The van der Waals surface area contributed by atoms with Crippen molar-refractivity contribution in [3.8, 4) is 11.5 Å². The van der Waals surface area contributed by atoms with Gasteiger partial charge in [0.15, 0.2) is 5.82 Å². The summed E-state index contributed by atoms with van der Waals surface area (Å²) in [6.07, 6.45) is 6.00. The second-order valence-electron chi connectivity index (χ2n) is 8.97. The van der Waals surface area contributed by atoms with E-state index >= 15 is 0 Å². The maximum absolute atomic E-state index is 6.15. The molecule has 1 saturated heterocycles. The maximum Gasteiger partial charge on any atom is 0.226 e. The van der Waals surface area contributed by atoms with Gasteiger partial charge < -0.3 is 24.3 Å². The first-order valence-corrected chi connectivity index (χ1v) is 11.8. The van der Waals surface area contributed by atoms with Crippen LogP contribution in [0.4, 0.5) is 17.5 Å². The molecule has 4 heterocycles. The third kappa shape index (κ3) is 4.16. The zero-order valence-corrected chi connectivity index (χ0v) is 20.3. The zero-order valence-electron chi connectivity index (χ0n) is 20.3. The summed E-state index contributed by atoms with van der Waals surface area (Å²) in [5.74, 6) is 2.76. The number of hydrogen-bond donors (Lipinski definition) is 1. The Kier molecular flexibility index (Phi) is 5.57. The van der Waals surface area contributed by atoms with E-state index in [9.17, 15) is 0 Å². The van der Waals surface area contributed by atoms with Crippen LogP contribution in [-0.2, 0) is 11.8 Å². The highest BCUT2D eigenvalue weighted by atomic mass is 16.5. The normalized spacial score (nSPS) is 15.5. The van der Waals surface area contributed by atoms with Crippen LogP contribution < -0.4 is 15.0 Å². The van der Waals surface area contributed by atoms with Crippen LogP contribution in [0.2, 0.25) is 0 Å². The lowest BCUT2D eigenvalue weighted by Gasteiger charge is -2.23. The van der Waals surface area contributed by atoms with E-state index in [1.807, 2.05) is 62.0 Å². The summed E-state index contributed by atoms with van der Waals surface area (Å²) in [4.78, 5) is 24.5. The Bertz CT molecular complexity index is 1560. The van der Waals surface area contributed by atoms with Crippen molar-refractivity contribution in [3.63, 3.8) is 0 Å². The fourth-order valence-electron chi connectivity index (χ4n) is 4.38. The monoisotopic (exact) mass is 482 g/mol. The van der Waals surface area contributed by atoms with Crippen LogP contribution >= 0.6 is 0 Å². The fraction of sp³-hybridized carbons (Fsp3) is 0.269. The van der Waals surface area contributed by atoms with Gasteiger partial charge in [-0.3, -0.25) is 0 Å². The molecule has 3 aromatic heterocycles. The molecule has 182 valence electrons. The number of likely N-dealkylation sites (N-methyl/N-ethyl adjacent to an activating group) is 1. The first-order chi connectivity index (χ1) is 17.5. The summed E-state index contributed by atoms with van der Waals surface area (Å²) in [6.45, 7) is 3.45. The second kappa shape index (κ2) is 9.04. The minimum atomic E-state index is 0.261. The molecular formula is C26H26N8O2. The van der Waals surface area contributed by atoms with Gasteiger partial charge >= 0.3 is 0 Å². The van der Waals surface area contributed by atoms with Crippen molar-refractivity contribution in [2.24, 2.45) is 7.05 Å². The average Bonchev–Trinajstić information content (AvgIpc) is 3.56. The number of anilines is 3. The summed E-state index contributed by atoms with van der Waals surface area (Å²) in [5, 5.41) is 3.39. The molecule has 10 nitrogen and oxygen atoms in total. The third-order valence-corrected chi connectivity index (χ3v) is 6.50. The molecule has 0 radical (unpaired) electrons. The highest BCUT2D eigenvalue weighted by Crippen LogP contribution is 2.31. The van der Waals surface area contributed by atoms with Gasteiger partial charge in [-0.15, -0.1) is 0 Å². The molecule has 0 spiro atoms. The second-order valence-corrected chi connectivity index (χ2v) is 8.97. The zero-order chi connectivity index (χ0) is 24.6. The molecule has 1 atom stereocenters. The van der Waals surface area contributed by atoms with Crippen molar-refractivity contribution in [2.75, 3.05) is 30.5 Å². The number of fused-ring (bicyclic) bond motifs is 2. The summed E-state index contributed by atoms with van der Waals surface area (Å²) < 4.78 is 13.7. The molecular weight excluding hydrogens is 456 g/mol. The van der Waals surface area contributed by atoms with Crippen molar-refractivity contribution in [1.82, 2.24) is 29.5 Å². The lowest BCUT2D eigenvalue weighted by molar-refractivity contribution is 0.193. The predicted octanol–water partition coefficient (Wildman–Crippen LogP) is 4.38. The molecule has 2 aromatic carbocycles. The molecule has 1 unspecified atom stereocenters. The Morgan fingerprint density at radius 1 is 1.08 bits per heavy atom. The summed E-state index contributed by atoms with van der Waals surface area (Å²) in [5.41, 5.74) is 5.15. The minimum absolute atomic E-state index is 0.261. The Morgan fingerprint density at radius 2 is 2.00 bits per heavy atom. The van der Waals surface area contributed by atoms with Crippen LogP contribution in [-0.4, -0.2) is 55.8 Å². The van der Waals surface area contributed by atoms with Gasteiger partial charge in [-0.05, 0) is 49.2 Å². The molecule has 10 heteroatoms. The van der Waals surface area contributed by atoms with E-state index in [4.69, 9.17) is 14.5 Å². The molecule has 0 saturated carbocycles. The van der Waals surface area contributed by atoms with E-state index in [1.54, 1.807) is 12.5 Å². The third-order valence-electron chi connectivity index (χ3n) is 6.50. The molecule has 1 N–H and O–H groups in total. The van der Waals surface area contributed by atoms with Gasteiger partial charge in [0.25, 0.3) is 0 Å². The Balaban J connectivity index is 1.24. The van der Waals surface area contributed by atoms with Gasteiger partial charge in [0.1, 0.15) is 28.9 Å². The Labute approximate surface area is 208 Å². The quantitative estimate of drug-likeness (QED) is 0.378. The standard InChI is InChI=1S/C26H26N8O2/c1-16-10-17(4-7-23(16)36-19-5-6-22-20(11-19)30-15-33(22)2)31-25-24-21(28-14-29-25)12-27-26(32-24)34(3)18-8-9-35-13-18/h4-7,10-12,14-15,18H,8-9,13H2,1-3H3,(H,28,29,31). The number of rotatable bonds is 6. The smallest absolute Gasteiger partial charge is 0.226 e. The fourth-order valence-corrected chi connectivity index (χ4v) is 4.38. The van der Waals surface area contributed by atoms with Gasteiger partial charge in [-0.1, -0.05) is 0 Å². The molecule has 5 aromatic rings. The first kappa shape index (κ1) is 22.2. The Morgan fingerprint density at radius 3 is 2.83 bits per heavy atom. The lowest BCUT2D eigenvalue weighted by atomic mass is 10.2. The number of hydrogen-bond acceptors (Lipinski definition) is 9. The van der Waals surface area contributed by atoms with Gasteiger partial charge in [0.05, 0.1) is 36.2 Å². The summed E-state index contributed by atoms with van der Waals surface area (Å²) in [7, 11) is 3.97. The highest BCUT2D eigenvalue weighted by molar-refractivity contribution is 5.87. The van der Waals surface area contributed by atoms with Gasteiger partial charge in [0.2, 0.25) is 5.95 Å². The number of benzene rings is 2. The van der Waals surface area contributed by atoms with E-state index < -0.39 is 0 Å². The minimum Gasteiger partial charge on any atom is -0.457 e. The van der Waals surface area contributed by atoms with Crippen LogP contribution in [0.3, 0.4) is 0 Å². The maximum atomic E-state index is 6.15. The number of nitrogens with one attached hydrogen (secondary N) is 1. The van der Waals surface area contributed by atoms with E-state index in [1.165, 1.54) is 6.33 Å². The van der Waals surface area contributed by atoms with Crippen LogP contribution in [0.25, 0.3) is 22.1 Å². The van der Waals surface area contributed by atoms with Gasteiger partial charge in [-0.25, -0.2) is 24.9 Å². The van der Waals surface area contributed by atoms with Crippen LogP contribution in [0.1, 0.15) is 12.0 Å². The predicted molar refractivity (Wildman–Crippen MR) is 138 cm³/mol. The molecule has 0 aliphatic carbocycles. The number of imidazole rings is 1. The van der Waals surface area contributed by atoms with Crippen LogP contribution in [0, 0.1) is 6.92 Å². The lowest BCUT2D eigenvalue weighted by Crippen LogP contribution is -2.33.